The van der Waals surface area contributed by atoms with Gasteiger partial charge in [-0.1, -0.05) is 20.8 Å². The molecular weight excluding hydrogens is 538 g/mol. The van der Waals surface area contributed by atoms with E-state index in [-0.39, 0.29) is 57.4 Å². The Hall–Kier alpha value is -4.60. The molecule has 0 aliphatic heterocycles. The molecule has 224 valence electrons. The lowest BCUT2D eigenvalue weighted by atomic mass is 9.90. The number of aromatic nitrogens is 4. The van der Waals surface area contributed by atoms with E-state index in [4.69, 9.17) is 11.5 Å². The van der Waals surface area contributed by atoms with Crippen molar-refractivity contribution < 1.29 is 33.9 Å². The summed E-state index contributed by atoms with van der Waals surface area (Å²) in [5, 5.41) is 14.1. The number of amides is 4. The van der Waals surface area contributed by atoms with Crippen LogP contribution in [0.1, 0.15) is 45.3 Å². The third kappa shape index (κ3) is 11.2. The number of rotatable bonds is 17. The average Bonchev–Trinajstić information content (AvgIpc) is 3.46. The molecule has 4 amide bonds. The number of carbonyl (C=O) groups excluding carboxylic acids is 5. The van der Waals surface area contributed by atoms with Crippen molar-refractivity contribution in [3.63, 3.8) is 0 Å². The van der Waals surface area contributed by atoms with Crippen LogP contribution in [0.3, 0.4) is 0 Å². The van der Waals surface area contributed by atoms with E-state index >= 15 is 0 Å². The van der Waals surface area contributed by atoms with Gasteiger partial charge < -0.3 is 36.3 Å². The summed E-state index contributed by atoms with van der Waals surface area (Å²) >= 11 is 0. The van der Waals surface area contributed by atoms with Gasteiger partial charge in [0.05, 0.1) is 26.1 Å². The van der Waals surface area contributed by atoms with Gasteiger partial charge in [0.25, 0.3) is 0 Å². The number of hydrogen-bond acceptors (Lipinski definition) is 9. The Morgan fingerprint density at radius 2 is 1.46 bits per heavy atom. The molecule has 7 N–H and O–H groups in total. The van der Waals surface area contributed by atoms with Gasteiger partial charge in [-0.3, -0.25) is 28.9 Å². The molecule has 41 heavy (non-hydrogen) atoms. The van der Waals surface area contributed by atoms with Crippen LogP contribution < -0.4 is 22.1 Å². The maximum absolute atomic E-state index is 12.9. The highest BCUT2D eigenvalue weighted by Gasteiger charge is 2.26. The van der Waals surface area contributed by atoms with Crippen molar-refractivity contribution in [3.05, 3.63) is 36.4 Å². The van der Waals surface area contributed by atoms with Crippen LogP contribution in [-0.4, -0.2) is 83.6 Å². The van der Waals surface area contributed by atoms with E-state index in [0.29, 0.717) is 11.6 Å². The fraction of sp³-hybridized carbons (Fsp3) is 0.520. The van der Waals surface area contributed by atoms with Crippen molar-refractivity contribution in [2.24, 2.45) is 16.9 Å². The molecule has 2 heterocycles. The largest absolute Gasteiger partial charge is 0.480 e. The van der Waals surface area contributed by atoms with Gasteiger partial charge >= 0.3 is 5.97 Å². The second kappa shape index (κ2) is 14.7. The average molecular weight is 576 g/mol. The molecule has 2 rings (SSSR count). The molecule has 0 saturated heterocycles. The molecule has 2 aromatic heterocycles. The number of hydrogen-bond donors (Lipinski definition) is 5. The van der Waals surface area contributed by atoms with E-state index < -0.39 is 41.6 Å². The zero-order valence-electron chi connectivity index (χ0n) is 23.3. The Morgan fingerprint density at radius 3 is 1.93 bits per heavy atom. The summed E-state index contributed by atoms with van der Waals surface area (Å²) in [6.45, 7) is 5.41. The number of carboxylic acids is 1. The first-order chi connectivity index (χ1) is 19.1. The Labute approximate surface area is 236 Å². The van der Waals surface area contributed by atoms with Gasteiger partial charge in [0, 0.05) is 43.2 Å². The number of imidazole rings is 2. The third-order valence-corrected chi connectivity index (χ3v) is 5.90. The Balaban J connectivity index is 2.18. The highest BCUT2D eigenvalue weighted by atomic mass is 16.4. The number of nitrogens with one attached hydrogen (secondary N) is 2. The molecule has 0 radical (unpaired) electrons. The van der Waals surface area contributed by atoms with Crippen molar-refractivity contribution >= 4 is 35.4 Å². The lowest BCUT2D eigenvalue weighted by Crippen LogP contribution is -2.44. The minimum atomic E-state index is -1.47. The zero-order valence-corrected chi connectivity index (χ0v) is 23.3. The molecule has 0 aromatic carbocycles. The molecule has 0 fully saturated rings. The van der Waals surface area contributed by atoms with Gasteiger partial charge in [-0.15, -0.1) is 0 Å². The minimum Gasteiger partial charge on any atom is -0.480 e. The number of ketones is 1. The van der Waals surface area contributed by atoms with E-state index in [2.05, 4.69) is 20.6 Å². The minimum absolute atomic E-state index is 0.0119. The molecule has 2 aromatic rings. The first-order valence-electron chi connectivity index (χ1n) is 12.8. The summed E-state index contributed by atoms with van der Waals surface area (Å²) in [5.41, 5.74) is 9.52. The second-order valence-electron chi connectivity index (χ2n) is 10.5. The van der Waals surface area contributed by atoms with Crippen molar-refractivity contribution in [3.8, 4) is 0 Å². The number of Topliss-reactive ketones (excluding diaryl/α,β-unsaturated/α-hetero) is 1. The van der Waals surface area contributed by atoms with Crippen molar-refractivity contribution in [2.45, 2.75) is 65.8 Å². The Morgan fingerprint density at radius 1 is 0.927 bits per heavy atom. The highest BCUT2D eigenvalue weighted by Crippen LogP contribution is 2.17. The number of carbonyl (C=O) groups is 6. The molecular formula is C25H37N9O7. The first kappa shape index (κ1) is 32.6. The Bertz CT molecular complexity index is 1260. The van der Waals surface area contributed by atoms with Crippen molar-refractivity contribution in [1.29, 1.82) is 0 Å². The van der Waals surface area contributed by atoms with E-state index in [0.717, 1.165) is 0 Å². The zero-order chi connectivity index (χ0) is 30.7. The number of nitrogens with two attached hydrogens (primary N) is 2. The van der Waals surface area contributed by atoms with Crippen LogP contribution in [0, 0.1) is 5.41 Å². The van der Waals surface area contributed by atoms with Crippen molar-refractivity contribution in [2.75, 3.05) is 13.1 Å². The molecule has 1 atom stereocenters. The molecule has 0 unspecified atom stereocenters. The molecule has 16 nitrogen and oxygen atoms in total. The molecule has 0 bridgehead atoms. The topological polar surface area (TPSA) is 238 Å². The van der Waals surface area contributed by atoms with E-state index in [1.54, 1.807) is 36.4 Å². The molecule has 0 aliphatic carbocycles. The van der Waals surface area contributed by atoms with Crippen LogP contribution in [0.5, 0.6) is 0 Å². The maximum atomic E-state index is 12.9. The molecule has 0 saturated carbocycles. The maximum Gasteiger partial charge on any atom is 0.326 e. The normalized spacial score (nSPS) is 12.1. The lowest BCUT2D eigenvalue weighted by Gasteiger charge is -2.26. The number of carboxylic acid groups (broad SMARTS) is 1. The standard InChI is InChI=1S/C25H37N9O7/c1-25(2,3)17(35)11-32(12-20-28-6-8-33(20)14-22(38)30-5-4-18(26)36)13-21-29-7-9-34(21)15-23(39)31-16(24(40)41)10-19(27)37/h6-9,16H,4-5,10-15H2,1-3H3,(H2,26,36)(H2,27,37)(H,30,38)(H,31,39)(H,40,41)/t16-/m0/s1. The molecule has 16 heteroatoms. The van der Waals surface area contributed by atoms with Crippen LogP contribution in [-0.2, 0) is 54.9 Å². The summed E-state index contributed by atoms with van der Waals surface area (Å²) in [7, 11) is 0. The smallest absolute Gasteiger partial charge is 0.326 e. The van der Waals surface area contributed by atoms with E-state index in [1.807, 2.05) is 0 Å². The van der Waals surface area contributed by atoms with Crippen LogP contribution >= 0.6 is 0 Å². The summed E-state index contributed by atoms with van der Waals surface area (Å²) in [4.78, 5) is 81.6. The van der Waals surface area contributed by atoms with Crippen LogP contribution in [0.4, 0.5) is 0 Å². The Kier molecular flexibility index (Phi) is 11.7. The number of aliphatic carboxylic acids is 1. The fourth-order valence-electron chi connectivity index (χ4n) is 3.61. The fourth-order valence-corrected chi connectivity index (χ4v) is 3.61. The molecule has 0 spiro atoms. The third-order valence-electron chi connectivity index (χ3n) is 5.90. The highest BCUT2D eigenvalue weighted by molar-refractivity contribution is 5.88. The SMILES string of the molecule is CC(C)(C)C(=O)CN(Cc1nccn1CC(=O)NCCC(N)=O)Cc1nccn1CC(=O)N[C@@H](CC(N)=O)C(=O)O. The summed E-state index contributed by atoms with van der Waals surface area (Å²) < 4.78 is 3.10. The lowest BCUT2D eigenvalue weighted by molar-refractivity contribution is -0.143. The van der Waals surface area contributed by atoms with Gasteiger partial charge in [0.1, 0.15) is 30.8 Å². The summed E-state index contributed by atoms with van der Waals surface area (Å²) in [5.74, 6) is -2.99. The number of nitrogens with zero attached hydrogens (tertiary/aromatic N) is 5. The van der Waals surface area contributed by atoms with Gasteiger partial charge in [0.2, 0.25) is 23.6 Å². The van der Waals surface area contributed by atoms with E-state index in [9.17, 15) is 33.9 Å². The van der Waals surface area contributed by atoms with E-state index in [1.165, 1.54) is 23.2 Å². The van der Waals surface area contributed by atoms with Crippen LogP contribution in [0.25, 0.3) is 0 Å². The summed E-state index contributed by atoms with van der Waals surface area (Å²) in [6.07, 6.45) is 5.57. The first-order valence-corrected chi connectivity index (χ1v) is 12.8. The monoisotopic (exact) mass is 575 g/mol. The van der Waals surface area contributed by atoms with Crippen molar-refractivity contribution in [1.82, 2.24) is 34.6 Å². The van der Waals surface area contributed by atoms with Gasteiger partial charge in [-0.25, -0.2) is 14.8 Å². The predicted molar refractivity (Wildman–Crippen MR) is 143 cm³/mol. The number of primary amides is 2. The predicted octanol–water partition coefficient (Wildman–Crippen LogP) is -1.87. The second-order valence-corrected chi connectivity index (χ2v) is 10.5. The van der Waals surface area contributed by atoms with Crippen LogP contribution in [0.2, 0.25) is 0 Å². The summed E-state index contributed by atoms with van der Waals surface area (Å²) in [6, 6.07) is -1.47. The quantitative estimate of drug-likeness (QED) is 0.141. The van der Waals surface area contributed by atoms with Gasteiger partial charge in [0.15, 0.2) is 5.78 Å². The van der Waals surface area contributed by atoms with Crippen LogP contribution in [0.15, 0.2) is 24.8 Å². The van der Waals surface area contributed by atoms with Gasteiger partial charge in [-0.2, -0.15) is 0 Å². The van der Waals surface area contributed by atoms with Gasteiger partial charge in [-0.05, 0) is 0 Å². The molecule has 0 aliphatic rings.